The van der Waals surface area contributed by atoms with Crippen molar-refractivity contribution < 1.29 is 0 Å². The summed E-state index contributed by atoms with van der Waals surface area (Å²) in [5, 5.41) is 3.42. The molecular weight excluding hydrogens is 172 g/mol. The molecule has 0 aromatic heterocycles. The minimum Gasteiger partial charge on any atom is -0.317 e. The summed E-state index contributed by atoms with van der Waals surface area (Å²) in [4.78, 5) is 2.65. The number of hydrogen-bond donors (Lipinski definition) is 1. The van der Waals surface area contributed by atoms with E-state index in [2.05, 4.69) is 37.9 Å². The van der Waals surface area contributed by atoms with Crippen molar-refractivity contribution in [3.8, 4) is 0 Å². The molecule has 1 rings (SSSR count). The van der Waals surface area contributed by atoms with Gasteiger partial charge in [0.2, 0.25) is 0 Å². The van der Waals surface area contributed by atoms with E-state index in [-0.39, 0.29) is 0 Å². The van der Waals surface area contributed by atoms with E-state index < -0.39 is 0 Å². The molecule has 2 nitrogen and oxygen atoms in total. The quantitative estimate of drug-likeness (QED) is 0.728. The van der Waals surface area contributed by atoms with Gasteiger partial charge < -0.3 is 5.32 Å². The third kappa shape index (κ3) is 3.25. The highest BCUT2D eigenvalue weighted by Crippen LogP contribution is 2.28. The van der Waals surface area contributed by atoms with Gasteiger partial charge in [-0.2, -0.15) is 0 Å². The van der Waals surface area contributed by atoms with Crippen LogP contribution in [0.5, 0.6) is 0 Å². The summed E-state index contributed by atoms with van der Waals surface area (Å²) in [5.74, 6) is 0.771. The van der Waals surface area contributed by atoms with E-state index in [1.165, 1.54) is 25.9 Å². The van der Waals surface area contributed by atoms with E-state index >= 15 is 0 Å². The van der Waals surface area contributed by atoms with E-state index in [4.69, 9.17) is 0 Å². The van der Waals surface area contributed by atoms with E-state index in [1.54, 1.807) is 0 Å². The Morgan fingerprint density at radius 2 is 2.14 bits per heavy atom. The molecule has 1 unspecified atom stereocenters. The highest BCUT2D eigenvalue weighted by atomic mass is 15.2. The summed E-state index contributed by atoms with van der Waals surface area (Å²) in [6.45, 7) is 14.1. The van der Waals surface area contributed by atoms with Crippen LogP contribution in [0.1, 0.15) is 40.5 Å². The zero-order chi connectivity index (χ0) is 10.6. The molecule has 1 atom stereocenters. The number of hydrogen-bond acceptors (Lipinski definition) is 2. The SMILES string of the molecule is CCNCC(C)CN1CCCC1(C)C. The average molecular weight is 198 g/mol. The van der Waals surface area contributed by atoms with Crippen molar-refractivity contribution in [1.82, 2.24) is 10.2 Å². The molecule has 1 N–H and O–H groups in total. The van der Waals surface area contributed by atoms with Crippen LogP contribution in [0.3, 0.4) is 0 Å². The molecule has 1 aliphatic heterocycles. The van der Waals surface area contributed by atoms with Crippen molar-refractivity contribution >= 4 is 0 Å². The third-order valence-electron chi connectivity index (χ3n) is 3.35. The molecule has 1 fully saturated rings. The maximum Gasteiger partial charge on any atom is 0.0153 e. The molecule has 1 heterocycles. The van der Waals surface area contributed by atoms with Crippen LogP contribution in [0.2, 0.25) is 0 Å². The minimum atomic E-state index is 0.445. The molecule has 0 saturated carbocycles. The van der Waals surface area contributed by atoms with Crippen molar-refractivity contribution in [1.29, 1.82) is 0 Å². The van der Waals surface area contributed by atoms with Gasteiger partial charge in [-0.1, -0.05) is 13.8 Å². The van der Waals surface area contributed by atoms with Crippen molar-refractivity contribution in [2.24, 2.45) is 5.92 Å². The summed E-state index contributed by atoms with van der Waals surface area (Å²) >= 11 is 0. The highest BCUT2D eigenvalue weighted by Gasteiger charge is 2.32. The first-order chi connectivity index (χ1) is 6.56. The van der Waals surface area contributed by atoms with Crippen molar-refractivity contribution in [2.75, 3.05) is 26.2 Å². The average Bonchev–Trinajstić information content (AvgIpc) is 2.43. The Morgan fingerprint density at radius 1 is 1.43 bits per heavy atom. The molecule has 0 radical (unpaired) electrons. The predicted molar refractivity (Wildman–Crippen MR) is 62.6 cm³/mol. The van der Waals surface area contributed by atoms with Crippen LogP contribution in [-0.2, 0) is 0 Å². The minimum absolute atomic E-state index is 0.445. The lowest BCUT2D eigenvalue weighted by atomic mass is 10.0. The van der Waals surface area contributed by atoms with Gasteiger partial charge in [0.15, 0.2) is 0 Å². The summed E-state index contributed by atoms with van der Waals surface area (Å²) in [6.07, 6.45) is 2.74. The highest BCUT2D eigenvalue weighted by molar-refractivity contribution is 4.88. The molecule has 0 aromatic rings. The van der Waals surface area contributed by atoms with Gasteiger partial charge in [-0.15, -0.1) is 0 Å². The first-order valence-electron chi connectivity index (χ1n) is 6.02. The van der Waals surface area contributed by atoms with Gasteiger partial charge in [0, 0.05) is 12.1 Å². The van der Waals surface area contributed by atoms with Crippen molar-refractivity contribution in [2.45, 2.75) is 46.1 Å². The van der Waals surface area contributed by atoms with E-state index in [0.29, 0.717) is 5.54 Å². The van der Waals surface area contributed by atoms with Crippen molar-refractivity contribution in [3.05, 3.63) is 0 Å². The zero-order valence-electron chi connectivity index (χ0n) is 10.3. The number of likely N-dealkylation sites (tertiary alicyclic amines) is 1. The second-order valence-corrected chi connectivity index (χ2v) is 5.27. The summed E-state index contributed by atoms with van der Waals surface area (Å²) in [6, 6.07) is 0. The molecule has 0 amide bonds. The Bertz CT molecular complexity index is 166. The monoisotopic (exact) mass is 198 g/mol. The predicted octanol–water partition coefficient (Wildman–Crippen LogP) is 2.11. The van der Waals surface area contributed by atoms with Gasteiger partial charge in [0.05, 0.1) is 0 Å². The van der Waals surface area contributed by atoms with E-state index in [1.807, 2.05) is 0 Å². The molecule has 0 bridgehead atoms. The molecule has 0 aromatic carbocycles. The standard InChI is InChI=1S/C12H26N2/c1-5-13-9-11(2)10-14-8-6-7-12(14,3)4/h11,13H,5-10H2,1-4H3. The Balaban J connectivity index is 2.29. The van der Waals surface area contributed by atoms with Gasteiger partial charge in [-0.3, -0.25) is 4.90 Å². The van der Waals surface area contributed by atoms with Gasteiger partial charge in [0.1, 0.15) is 0 Å². The summed E-state index contributed by atoms with van der Waals surface area (Å²) < 4.78 is 0. The first-order valence-corrected chi connectivity index (χ1v) is 6.02. The summed E-state index contributed by atoms with van der Waals surface area (Å²) in [5.41, 5.74) is 0.445. The molecule has 0 aliphatic carbocycles. The molecule has 1 saturated heterocycles. The van der Waals surface area contributed by atoms with E-state index in [9.17, 15) is 0 Å². The smallest absolute Gasteiger partial charge is 0.0153 e. The van der Waals surface area contributed by atoms with Crippen LogP contribution in [0, 0.1) is 5.92 Å². The fourth-order valence-corrected chi connectivity index (χ4v) is 2.33. The topological polar surface area (TPSA) is 15.3 Å². The maximum absolute atomic E-state index is 3.42. The van der Waals surface area contributed by atoms with E-state index in [0.717, 1.165) is 19.0 Å². The first kappa shape index (κ1) is 12.0. The second kappa shape index (κ2) is 5.13. The Kier molecular flexibility index (Phi) is 4.39. The lowest BCUT2D eigenvalue weighted by Crippen LogP contribution is -2.42. The molecule has 2 heteroatoms. The zero-order valence-corrected chi connectivity index (χ0v) is 10.3. The normalized spacial score (nSPS) is 24.0. The van der Waals surface area contributed by atoms with Crippen LogP contribution in [0.15, 0.2) is 0 Å². The molecule has 1 aliphatic rings. The third-order valence-corrected chi connectivity index (χ3v) is 3.35. The van der Waals surface area contributed by atoms with Crippen molar-refractivity contribution in [3.63, 3.8) is 0 Å². The second-order valence-electron chi connectivity index (χ2n) is 5.27. The number of nitrogens with one attached hydrogen (secondary N) is 1. The van der Waals surface area contributed by atoms with Crippen LogP contribution >= 0.6 is 0 Å². The molecule has 0 spiro atoms. The van der Waals surface area contributed by atoms with Crippen LogP contribution < -0.4 is 5.32 Å². The number of rotatable bonds is 5. The van der Waals surface area contributed by atoms with Crippen LogP contribution in [0.4, 0.5) is 0 Å². The summed E-state index contributed by atoms with van der Waals surface area (Å²) in [7, 11) is 0. The molecular formula is C12H26N2. The maximum atomic E-state index is 3.42. The Morgan fingerprint density at radius 3 is 2.64 bits per heavy atom. The fourth-order valence-electron chi connectivity index (χ4n) is 2.33. The van der Waals surface area contributed by atoms with Gasteiger partial charge >= 0.3 is 0 Å². The van der Waals surface area contributed by atoms with Gasteiger partial charge in [-0.25, -0.2) is 0 Å². The molecule has 14 heavy (non-hydrogen) atoms. The lowest BCUT2D eigenvalue weighted by Gasteiger charge is -2.33. The Hall–Kier alpha value is -0.0800. The lowest BCUT2D eigenvalue weighted by molar-refractivity contribution is 0.151. The Labute approximate surface area is 89.1 Å². The molecule has 84 valence electrons. The fraction of sp³-hybridized carbons (Fsp3) is 1.00. The van der Waals surface area contributed by atoms with Crippen LogP contribution in [0.25, 0.3) is 0 Å². The van der Waals surface area contributed by atoms with Gasteiger partial charge in [-0.05, 0) is 52.2 Å². The number of nitrogens with zero attached hydrogens (tertiary/aromatic N) is 1. The van der Waals surface area contributed by atoms with Crippen LogP contribution in [-0.4, -0.2) is 36.6 Å². The van der Waals surface area contributed by atoms with Gasteiger partial charge in [0.25, 0.3) is 0 Å². The largest absolute Gasteiger partial charge is 0.317 e.